The van der Waals surface area contributed by atoms with E-state index in [1.165, 1.54) is 16.7 Å². The summed E-state index contributed by atoms with van der Waals surface area (Å²) in [6.07, 6.45) is 0.768. The zero-order chi connectivity index (χ0) is 13.3. The Morgan fingerprint density at radius 1 is 1.44 bits per heavy atom. The van der Waals surface area contributed by atoms with Gasteiger partial charge in [0.25, 0.3) is 0 Å². The van der Waals surface area contributed by atoms with E-state index >= 15 is 0 Å². The van der Waals surface area contributed by atoms with Gasteiger partial charge in [-0.05, 0) is 44.9 Å². The number of rotatable bonds is 3. The van der Waals surface area contributed by atoms with Gasteiger partial charge in [-0.15, -0.1) is 0 Å². The molecule has 0 spiro atoms. The van der Waals surface area contributed by atoms with Crippen LogP contribution in [-0.2, 0) is 4.79 Å². The lowest BCUT2D eigenvalue weighted by molar-refractivity contribution is -0.141. The number of carboxylic acid groups (broad SMARTS) is 1. The molecule has 3 heteroatoms. The van der Waals surface area contributed by atoms with E-state index < -0.39 is 5.97 Å². The Kier molecular flexibility index (Phi) is 3.71. The van der Waals surface area contributed by atoms with Gasteiger partial charge in [0.1, 0.15) is 0 Å². The van der Waals surface area contributed by atoms with E-state index in [2.05, 4.69) is 43.9 Å². The van der Waals surface area contributed by atoms with E-state index in [1.54, 1.807) is 0 Å². The van der Waals surface area contributed by atoms with E-state index in [1.807, 2.05) is 0 Å². The molecule has 0 saturated carbocycles. The highest BCUT2D eigenvalue weighted by Crippen LogP contribution is 2.29. The topological polar surface area (TPSA) is 40.5 Å². The van der Waals surface area contributed by atoms with Gasteiger partial charge in [0.05, 0.1) is 5.92 Å². The first-order valence-electron chi connectivity index (χ1n) is 6.53. The van der Waals surface area contributed by atoms with Crippen molar-refractivity contribution in [2.24, 2.45) is 5.92 Å². The molecule has 1 saturated heterocycles. The average molecular weight is 247 g/mol. The summed E-state index contributed by atoms with van der Waals surface area (Å²) in [7, 11) is 0. The lowest BCUT2D eigenvalue weighted by Gasteiger charge is -2.26. The van der Waals surface area contributed by atoms with E-state index in [0.29, 0.717) is 12.6 Å². The van der Waals surface area contributed by atoms with Crippen LogP contribution in [0, 0.1) is 19.8 Å². The van der Waals surface area contributed by atoms with Crippen LogP contribution in [-0.4, -0.2) is 29.1 Å². The van der Waals surface area contributed by atoms with Crippen molar-refractivity contribution in [3.63, 3.8) is 0 Å². The van der Waals surface area contributed by atoms with Gasteiger partial charge in [-0.25, -0.2) is 0 Å². The molecule has 3 nitrogen and oxygen atoms in total. The molecule has 1 aliphatic rings. The third-order valence-electron chi connectivity index (χ3n) is 3.99. The molecule has 1 aromatic carbocycles. The number of likely N-dealkylation sites (tertiary alicyclic amines) is 1. The molecule has 0 aliphatic carbocycles. The molecule has 0 bridgehead atoms. The second-order valence-electron chi connectivity index (χ2n) is 5.35. The Morgan fingerprint density at radius 2 is 2.17 bits per heavy atom. The van der Waals surface area contributed by atoms with Crippen molar-refractivity contribution >= 4 is 5.97 Å². The van der Waals surface area contributed by atoms with E-state index in [0.717, 1.165) is 13.0 Å². The zero-order valence-corrected chi connectivity index (χ0v) is 11.3. The lowest BCUT2D eigenvalue weighted by atomic mass is 9.99. The van der Waals surface area contributed by atoms with Crippen LogP contribution in [0.5, 0.6) is 0 Å². The summed E-state index contributed by atoms with van der Waals surface area (Å²) < 4.78 is 0. The first kappa shape index (κ1) is 13.1. The largest absolute Gasteiger partial charge is 0.481 e. The second kappa shape index (κ2) is 5.11. The summed E-state index contributed by atoms with van der Waals surface area (Å²) in [6.45, 7) is 7.94. The molecular weight excluding hydrogens is 226 g/mol. The molecule has 1 heterocycles. The van der Waals surface area contributed by atoms with Gasteiger partial charge in [0, 0.05) is 12.6 Å². The summed E-state index contributed by atoms with van der Waals surface area (Å²) in [5.41, 5.74) is 3.88. The fourth-order valence-corrected chi connectivity index (χ4v) is 2.83. The van der Waals surface area contributed by atoms with Crippen LogP contribution in [0.3, 0.4) is 0 Å². The van der Waals surface area contributed by atoms with Gasteiger partial charge in [0.2, 0.25) is 0 Å². The number of hydrogen-bond donors (Lipinski definition) is 1. The van der Waals surface area contributed by atoms with Crippen LogP contribution < -0.4 is 0 Å². The summed E-state index contributed by atoms with van der Waals surface area (Å²) in [6, 6.07) is 6.79. The number of aryl methyl sites for hydroxylation is 2. The third kappa shape index (κ3) is 2.56. The molecule has 0 aromatic heterocycles. The Labute approximate surface area is 108 Å². The van der Waals surface area contributed by atoms with E-state index in [9.17, 15) is 4.79 Å². The highest BCUT2D eigenvalue weighted by Gasteiger charge is 2.31. The first-order valence-corrected chi connectivity index (χ1v) is 6.53. The van der Waals surface area contributed by atoms with Crippen LogP contribution in [0.4, 0.5) is 0 Å². The van der Waals surface area contributed by atoms with Crippen LogP contribution in [0.2, 0.25) is 0 Å². The maximum absolute atomic E-state index is 11.0. The van der Waals surface area contributed by atoms with Gasteiger partial charge in [-0.3, -0.25) is 9.69 Å². The minimum absolute atomic E-state index is 0.196. The molecular formula is C15H21NO2. The number of carbonyl (C=O) groups is 1. The standard InChI is InChI=1S/C15H21NO2/c1-10-4-5-14(11(2)8-10)12(3)16-7-6-13(9-16)15(17)18/h4-5,8,12-13H,6-7,9H2,1-3H3,(H,17,18). The molecule has 18 heavy (non-hydrogen) atoms. The van der Waals surface area contributed by atoms with E-state index in [-0.39, 0.29) is 5.92 Å². The molecule has 1 N–H and O–H groups in total. The zero-order valence-electron chi connectivity index (χ0n) is 11.3. The van der Waals surface area contributed by atoms with Crippen molar-refractivity contribution in [3.05, 3.63) is 34.9 Å². The number of aliphatic carboxylic acids is 1. The fourth-order valence-electron chi connectivity index (χ4n) is 2.83. The molecule has 1 aromatic rings. The molecule has 1 aliphatic heterocycles. The second-order valence-corrected chi connectivity index (χ2v) is 5.35. The van der Waals surface area contributed by atoms with Crippen LogP contribution in [0.15, 0.2) is 18.2 Å². The lowest BCUT2D eigenvalue weighted by Crippen LogP contribution is -2.26. The van der Waals surface area contributed by atoms with Crippen molar-refractivity contribution in [2.45, 2.75) is 33.2 Å². The smallest absolute Gasteiger partial charge is 0.307 e. The number of nitrogens with zero attached hydrogens (tertiary/aromatic N) is 1. The van der Waals surface area contributed by atoms with Crippen molar-refractivity contribution in [1.82, 2.24) is 4.90 Å². The SMILES string of the molecule is Cc1ccc(C(C)N2CCC(C(=O)O)C2)c(C)c1. The summed E-state index contributed by atoms with van der Waals surface area (Å²) in [5, 5.41) is 9.05. The number of carboxylic acids is 1. The maximum atomic E-state index is 11.0. The van der Waals surface area contributed by atoms with Gasteiger partial charge < -0.3 is 5.11 Å². The molecule has 98 valence electrons. The predicted molar refractivity (Wildman–Crippen MR) is 71.6 cm³/mol. The number of hydrogen-bond acceptors (Lipinski definition) is 2. The predicted octanol–water partition coefficient (Wildman–Crippen LogP) is 2.77. The van der Waals surface area contributed by atoms with Crippen molar-refractivity contribution < 1.29 is 9.90 Å². The first-order chi connectivity index (χ1) is 8.49. The number of benzene rings is 1. The fraction of sp³-hybridized carbons (Fsp3) is 0.533. The molecule has 0 radical (unpaired) electrons. The molecule has 2 atom stereocenters. The normalized spacial score (nSPS) is 22.1. The van der Waals surface area contributed by atoms with Crippen molar-refractivity contribution in [3.8, 4) is 0 Å². The highest BCUT2D eigenvalue weighted by atomic mass is 16.4. The van der Waals surface area contributed by atoms with Crippen molar-refractivity contribution in [1.29, 1.82) is 0 Å². The van der Waals surface area contributed by atoms with Gasteiger partial charge in [-0.1, -0.05) is 23.8 Å². The average Bonchev–Trinajstić information content (AvgIpc) is 2.77. The Bertz CT molecular complexity index is 456. The molecule has 1 fully saturated rings. The third-order valence-corrected chi connectivity index (χ3v) is 3.99. The highest BCUT2D eigenvalue weighted by molar-refractivity contribution is 5.70. The van der Waals surface area contributed by atoms with Crippen LogP contribution in [0.25, 0.3) is 0 Å². The van der Waals surface area contributed by atoms with E-state index in [4.69, 9.17) is 5.11 Å². The van der Waals surface area contributed by atoms with Crippen LogP contribution >= 0.6 is 0 Å². The van der Waals surface area contributed by atoms with Crippen LogP contribution in [0.1, 0.15) is 36.1 Å². The molecule has 2 rings (SSSR count). The van der Waals surface area contributed by atoms with Gasteiger partial charge in [-0.2, -0.15) is 0 Å². The molecule has 0 amide bonds. The van der Waals surface area contributed by atoms with Gasteiger partial charge >= 0.3 is 5.97 Å². The summed E-state index contributed by atoms with van der Waals surface area (Å²) in [4.78, 5) is 13.3. The minimum Gasteiger partial charge on any atom is -0.481 e. The Morgan fingerprint density at radius 3 is 2.72 bits per heavy atom. The summed E-state index contributed by atoms with van der Waals surface area (Å²) >= 11 is 0. The van der Waals surface area contributed by atoms with Crippen molar-refractivity contribution in [2.75, 3.05) is 13.1 Å². The Hall–Kier alpha value is -1.35. The molecule has 2 unspecified atom stereocenters. The Balaban J connectivity index is 2.12. The minimum atomic E-state index is -0.662. The monoisotopic (exact) mass is 247 g/mol. The quantitative estimate of drug-likeness (QED) is 0.893. The van der Waals surface area contributed by atoms with Gasteiger partial charge in [0.15, 0.2) is 0 Å². The maximum Gasteiger partial charge on any atom is 0.307 e. The summed E-state index contributed by atoms with van der Waals surface area (Å²) in [5.74, 6) is -0.858.